The van der Waals surface area contributed by atoms with Crippen molar-refractivity contribution in [2.75, 3.05) is 0 Å². The third-order valence-corrected chi connectivity index (χ3v) is 2.13. The molecule has 78 valence electrons. The summed E-state index contributed by atoms with van der Waals surface area (Å²) in [6.45, 7) is 7.23. The summed E-state index contributed by atoms with van der Waals surface area (Å²) >= 11 is 0. The maximum absolute atomic E-state index is 5.53. The van der Waals surface area contributed by atoms with Gasteiger partial charge in [-0.2, -0.15) is 10.2 Å². The maximum atomic E-state index is 5.53. The number of aryl methyl sites for hydroxylation is 1. The molecule has 0 bridgehead atoms. The van der Waals surface area contributed by atoms with Crippen LogP contribution >= 0.6 is 0 Å². The summed E-state index contributed by atoms with van der Waals surface area (Å²) in [6, 6.07) is 2.04. The van der Waals surface area contributed by atoms with Crippen LogP contribution in [0.3, 0.4) is 0 Å². The van der Waals surface area contributed by atoms with E-state index in [1.807, 2.05) is 6.07 Å². The molecule has 0 aliphatic rings. The maximum Gasteiger partial charge on any atom is 0.0634 e. The van der Waals surface area contributed by atoms with Gasteiger partial charge in [0.05, 0.1) is 11.9 Å². The van der Waals surface area contributed by atoms with Crippen molar-refractivity contribution in [2.24, 2.45) is 11.1 Å². The molecule has 0 atom stereocenters. The molecule has 0 spiro atoms. The van der Waals surface area contributed by atoms with Crippen LogP contribution in [0.1, 0.15) is 38.4 Å². The quantitative estimate of drug-likeness (QED) is 0.797. The van der Waals surface area contributed by atoms with Crippen molar-refractivity contribution in [3.8, 4) is 0 Å². The highest BCUT2D eigenvalue weighted by Crippen LogP contribution is 2.20. The second-order valence-electron chi connectivity index (χ2n) is 4.82. The lowest BCUT2D eigenvalue weighted by Crippen LogP contribution is -2.08. The van der Waals surface area contributed by atoms with Gasteiger partial charge in [0, 0.05) is 6.54 Å². The van der Waals surface area contributed by atoms with Gasteiger partial charge in [0.25, 0.3) is 0 Å². The van der Waals surface area contributed by atoms with Gasteiger partial charge in [-0.15, -0.1) is 0 Å². The molecule has 0 saturated heterocycles. The zero-order valence-electron chi connectivity index (χ0n) is 9.25. The molecule has 2 N–H and O–H groups in total. The number of hydrogen-bond acceptors (Lipinski definition) is 3. The van der Waals surface area contributed by atoms with Crippen LogP contribution in [0.25, 0.3) is 0 Å². The molecular formula is C11H19N3. The average molecular weight is 193 g/mol. The van der Waals surface area contributed by atoms with Gasteiger partial charge in [0.15, 0.2) is 0 Å². The Balaban J connectivity index is 2.59. The molecule has 0 saturated carbocycles. The molecular weight excluding hydrogens is 174 g/mol. The van der Waals surface area contributed by atoms with Gasteiger partial charge in [0.1, 0.15) is 0 Å². The minimum Gasteiger partial charge on any atom is -0.326 e. The van der Waals surface area contributed by atoms with Crippen LogP contribution in [0.5, 0.6) is 0 Å². The van der Waals surface area contributed by atoms with Crippen LogP contribution in [0.15, 0.2) is 12.3 Å². The molecule has 0 fully saturated rings. The van der Waals surface area contributed by atoms with Crippen LogP contribution in [-0.4, -0.2) is 10.2 Å². The van der Waals surface area contributed by atoms with E-state index < -0.39 is 0 Å². The molecule has 3 nitrogen and oxygen atoms in total. The summed E-state index contributed by atoms with van der Waals surface area (Å²) in [5.74, 6) is 0. The van der Waals surface area contributed by atoms with Crippen LogP contribution in [0.2, 0.25) is 0 Å². The predicted octanol–water partition coefficient (Wildman–Crippen LogP) is 1.91. The van der Waals surface area contributed by atoms with E-state index in [0.29, 0.717) is 12.0 Å². The largest absolute Gasteiger partial charge is 0.326 e. The molecule has 3 heteroatoms. The van der Waals surface area contributed by atoms with E-state index in [0.717, 1.165) is 24.1 Å². The standard InChI is InChI=1S/C11H19N3/c1-11(2,3)5-4-10-6-9(7-12)8-13-14-10/h6,8H,4-5,7,12H2,1-3H3. The smallest absolute Gasteiger partial charge is 0.0634 e. The number of nitrogens with two attached hydrogens (primary N) is 1. The second kappa shape index (κ2) is 4.51. The van der Waals surface area contributed by atoms with Crippen molar-refractivity contribution < 1.29 is 0 Å². The molecule has 1 rings (SSSR count). The van der Waals surface area contributed by atoms with Gasteiger partial charge in [-0.05, 0) is 29.9 Å². The fraction of sp³-hybridized carbons (Fsp3) is 0.636. The second-order valence-corrected chi connectivity index (χ2v) is 4.82. The van der Waals surface area contributed by atoms with Crippen molar-refractivity contribution in [2.45, 2.75) is 40.2 Å². The van der Waals surface area contributed by atoms with Gasteiger partial charge in [-0.25, -0.2) is 0 Å². The van der Waals surface area contributed by atoms with Crippen molar-refractivity contribution in [3.63, 3.8) is 0 Å². The lowest BCUT2D eigenvalue weighted by Gasteiger charge is -2.17. The molecule has 1 aromatic heterocycles. The van der Waals surface area contributed by atoms with Gasteiger partial charge in [-0.3, -0.25) is 0 Å². The normalized spacial score (nSPS) is 11.7. The Morgan fingerprint density at radius 2 is 2.07 bits per heavy atom. The minimum atomic E-state index is 0.348. The molecule has 0 aliphatic heterocycles. The molecule has 0 amide bonds. The third kappa shape index (κ3) is 3.83. The Labute approximate surface area is 85.7 Å². The van der Waals surface area contributed by atoms with Crippen molar-refractivity contribution in [3.05, 3.63) is 23.5 Å². The molecule has 14 heavy (non-hydrogen) atoms. The Morgan fingerprint density at radius 3 is 2.64 bits per heavy atom. The topological polar surface area (TPSA) is 51.8 Å². The molecule has 0 aliphatic carbocycles. The fourth-order valence-corrected chi connectivity index (χ4v) is 1.19. The fourth-order valence-electron chi connectivity index (χ4n) is 1.19. The molecule has 0 radical (unpaired) electrons. The minimum absolute atomic E-state index is 0.348. The van der Waals surface area contributed by atoms with E-state index in [4.69, 9.17) is 5.73 Å². The first-order valence-corrected chi connectivity index (χ1v) is 5.02. The van der Waals surface area contributed by atoms with Gasteiger partial charge in [0.2, 0.25) is 0 Å². The monoisotopic (exact) mass is 193 g/mol. The molecule has 0 unspecified atom stereocenters. The highest BCUT2D eigenvalue weighted by Gasteiger charge is 2.10. The summed E-state index contributed by atoms with van der Waals surface area (Å²) in [4.78, 5) is 0. The van der Waals surface area contributed by atoms with E-state index >= 15 is 0 Å². The van der Waals surface area contributed by atoms with E-state index in [1.54, 1.807) is 6.20 Å². The SMILES string of the molecule is CC(C)(C)CCc1cc(CN)cnn1. The Morgan fingerprint density at radius 1 is 1.36 bits per heavy atom. The number of hydrogen-bond donors (Lipinski definition) is 1. The van der Waals surface area contributed by atoms with Crippen LogP contribution in [0, 0.1) is 5.41 Å². The average Bonchev–Trinajstić information content (AvgIpc) is 2.14. The summed E-state index contributed by atoms with van der Waals surface area (Å²) < 4.78 is 0. The number of aromatic nitrogens is 2. The van der Waals surface area contributed by atoms with Crippen molar-refractivity contribution in [1.29, 1.82) is 0 Å². The first kappa shape index (κ1) is 11.1. The Hall–Kier alpha value is -0.960. The summed E-state index contributed by atoms with van der Waals surface area (Å²) in [6.07, 6.45) is 3.82. The Kier molecular flexibility index (Phi) is 3.58. The van der Waals surface area contributed by atoms with E-state index in [2.05, 4.69) is 31.0 Å². The lowest BCUT2D eigenvalue weighted by atomic mass is 9.90. The molecule has 0 aromatic carbocycles. The molecule has 1 heterocycles. The first-order chi connectivity index (χ1) is 6.51. The Bertz CT molecular complexity index is 289. The van der Waals surface area contributed by atoms with Gasteiger partial charge >= 0.3 is 0 Å². The van der Waals surface area contributed by atoms with Crippen LogP contribution in [-0.2, 0) is 13.0 Å². The first-order valence-electron chi connectivity index (χ1n) is 5.02. The van der Waals surface area contributed by atoms with E-state index in [9.17, 15) is 0 Å². The number of rotatable bonds is 3. The highest BCUT2D eigenvalue weighted by atomic mass is 15.1. The van der Waals surface area contributed by atoms with Crippen LogP contribution in [0.4, 0.5) is 0 Å². The summed E-state index contributed by atoms with van der Waals surface area (Å²) in [5, 5.41) is 8.01. The lowest BCUT2D eigenvalue weighted by molar-refractivity contribution is 0.376. The third-order valence-electron chi connectivity index (χ3n) is 2.13. The summed E-state index contributed by atoms with van der Waals surface area (Å²) in [5.41, 5.74) is 7.98. The number of nitrogens with zero attached hydrogens (tertiary/aromatic N) is 2. The zero-order valence-corrected chi connectivity index (χ0v) is 9.25. The zero-order chi connectivity index (χ0) is 10.6. The molecule has 1 aromatic rings. The predicted molar refractivity (Wildman–Crippen MR) is 57.7 cm³/mol. The van der Waals surface area contributed by atoms with Crippen LogP contribution < -0.4 is 5.73 Å². The van der Waals surface area contributed by atoms with E-state index in [1.165, 1.54) is 0 Å². The van der Waals surface area contributed by atoms with Crippen molar-refractivity contribution in [1.82, 2.24) is 10.2 Å². The van der Waals surface area contributed by atoms with Crippen molar-refractivity contribution >= 4 is 0 Å². The van der Waals surface area contributed by atoms with Gasteiger partial charge < -0.3 is 5.73 Å². The summed E-state index contributed by atoms with van der Waals surface area (Å²) in [7, 11) is 0. The van der Waals surface area contributed by atoms with Gasteiger partial charge in [-0.1, -0.05) is 20.8 Å². The van der Waals surface area contributed by atoms with E-state index in [-0.39, 0.29) is 0 Å². The highest BCUT2D eigenvalue weighted by molar-refractivity contribution is 5.12.